The molecule has 0 amide bonds. The van der Waals surface area contributed by atoms with Gasteiger partial charge in [0.1, 0.15) is 6.61 Å². The van der Waals surface area contributed by atoms with Gasteiger partial charge in [-0.15, -0.1) is 6.58 Å². The summed E-state index contributed by atoms with van der Waals surface area (Å²) in [7, 11) is 0. The van der Waals surface area contributed by atoms with E-state index in [0.717, 1.165) is 19.3 Å². The van der Waals surface area contributed by atoms with Gasteiger partial charge in [-0.2, -0.15) is 0 Å². The zero-order valence-corrected chi connectivity index (χ0v) is 13.1. The first-order valence-corrected chi connectivity index (χ1v) is 7.18. The van der Waals surface area contributed by atoms with Crippen molar-refractivity contribution in [1.82, 2.24) is 0 Å². The third-order valence-corrected chi connectivity index (χ3v) is 3.08. The van der Waals surface area contributed by atoms with E-state index >= 15 is 0 Å². The third-order valence-electron chi connectivity index (χ3n) is 3.08. The van der Waals surface area contributed by atoms with E-state index in [1.54, 1.807) is 12.1 Å². The Labute approximate surface area is 127 Å². The van der Waals surface area contributed by atoms with E-state index in [2.05, 4.69) is 26.5 Å². The second-order valence-corrected chi connectivity index (χ2v) is 5.12. The molecule has 0 atom stereocenters. The standard InChI is InChI=1S/C18H24O3/c1-5-7-14(2)8-6-9-15(3)12-13-20-18-11-10-17(21-18)16(4)19/h5,8,10-12H,1,6-7,9,13H2,2-4H3. The largest absolute Gasteiger partial charge is 0.461 e. The van der Waals surface area contributed by atoms with Gasteiger partial charge < -0.3 is 9.15 Å². The number of Topliss-reactive ketones (excluding diaryl/α,β-unsaturated/α-hetero) is 1. The fraction of sp³-hybridized carbons (Fsp3) is 0.389. The van der Waals surface area contributed by atoms with Crippen LogP contribution in [0.5, 0.6) is 5.95 Å². The molecule has 1 rings (SSSR count). The summed E-state index contributed by atoms with van der Waals surface area (Å²) in [4.78, 5) is 11.1. The summed E-state index contributed by atoms with van der Waals surface area (Å²) in [5.41, 5.74) is 2.62. The van der Waals surface area contributed by atoms with Gasteiger partial charge in [-0.05, 0) is 45.3 Å². The molecule has 0 N–H and O–H groups in total. The second kappa shape index (κ2) is 9.01. The van der Waals surface area contributed by atoms with Gasteiger partial charge in [0.25, 0.3) is 5.95 Å². The van der Waals surface area contributed by atoms with E-state index in [4.69, 9.17) is 9.15 Å². The Kier molecular flexibility index (Phi) is 7.30. The molecule has 0 aliphatic heterocycles. The van der Waals surface area contributed by atoms with Crippen LogP contribution in [0.2, 0.25) is 0 Å². The topological polar surface area (TPSA) is 39.4 Å². The predicted octanol–water partition coefficient (Wildman–Crippen LogP) is 5.11. The second-order valence-electron chi connectivity index (χ2n) is 5.12. The smallest absolute Gasteiger partial charge is 0.285 e. The SMILES string of the molecule is C=CCC(C)=CCCC(C)=CCOc1ccc(C(C)=O)o1. The highest BCUT2D eigenvalue weighted by Gasteiger charge is 2.06. The van der Waals surface area contributed by atoms with Crippen LogP contribution in [-0.4, -0.2) is 12.4 Å². The lowest BCUT2D eigenvalue weighted by Gasteiger charge is -2.02. The first-order valence-electron chi connectivity index (χ1n) is 7.18. The van der Waals surface area contributed by atoms with Crippen LogP contribution >= 0.6 is 0 Å². The van der Waals surface area contributed by atoms with Crippen LogP contribution in [0.25, 0.3) is 0 Å². The zero-order chi connectivity index (χ0) is 15.7. The maximum atomic E-state index is 11.1. The molecule has 0 saturated heterocycles. The first kappa shape index (κ1) is 17.0. The van der Waals surface area contributed by atoms with Crippen molar-refractivity contribution < 1.29 is 13.9 Å². The monoisotopic (exact) mass is 288 g/mol. The average molecular weight is 288 g/mol. The van der Waals surface area contributed by atoms with Gasteiger partial charge in [0.05, 0.1) is 0 Å². The maximum absolute atomic E-state index is 11.1. The van der Waals surface area contributed by atoms with E-state index in [-0.39, 0.29) is 5.78 Å². The summed E-state index contributed by atoms with van der Waals surface area (Å²) in [6.45, 7) is 9.85. The van der Waals surface area contributed by atoms with Crippen molar-refractivity contribution in [2.24, 2.45) is 0 Å². The number of hydrogen-bond donors (Lipinski definition) is 0. The number of ketones is 1. The van der Waals surface area contributed by atoms with Gasteiger partial charge in [-0.1, -0.05) is 23.3 Å². The van der Waals surface area contributed by atoms with Crippen molar-refractivity contribution >= 4 is 5.78 Å². The molecule has 0 aliphatic carbocycles. The third kappa shape index (κ3) is 6.80. The fourth-order valence-corrected chi connectivity index (χ4v) is 1.81. The molecule has 0 fully saturated rings. The first-order chi connectivity index (χ1) is 10.0. The Morgan fingerprint density at radius 3 is 2.62 bits per heavy atom. The minimum Gasteiger partial charge on any atom is -0.461 e. The fourth-order valence-electron chi connectivity index (χ4n) is 1.81. The summed E-state index contributed by atoms with van der Waals surface area (Å²) < 4.78 is 10.7. The summed E-state index contributed by atoms with van der Waals surface area (Å²) in [5.74, 6) is 0.609. The van der Waals surface area contributed by atoms with Crippen molar-refractivity contribution in [3.63, 3.8) is 0 Å². The van der Waals surface area contributed by atoms with Gasteiger partial charge in [0.2, 0.25) is 0 Å². The summed E-state index contributed by atoms with van der Waals surface area (Å²) in [6.07, 6.45) is 9.17. The molecule has 0 aromatic carbocycles. The lowest BCUT2D eigenvalue weighted by atomic mass is 10.1. The lowest BCUT2D eigenvalue weighted by Crippen LogP contribution is -1.94. The Bertz CT molecular complexity index is 532. The van der Waals surface area contributed by atoms with Gasteiger partial charge in [-0.25, -0.2) is 0 Å². The van der Waals surface area contributed by atoms with E-state index < -0.39 is 0 Å². The molecule has 0 bridgehead atoms. The normalized spacial score (nSPS) is 12.3. The summed E-state index contributed by atoms with van der Waals surface area (Å²) in [5, 5.41) is 0. The van der Waals surface area contributed by atoms with Crippen molar-refractivity contribution in [1.29, 1.82) is 0 Å². The Balaban J connectivity index is 2.33. The molecule has 3 nitrogen and oxygen atoms in total. The van der Waals surface area contributed by atoms with Crippen LogP contribution in [0.4, 0.5) is 0 Å². The quantitative estimate of drug-likeness (QED) is 0.468. The summed E-state index contributed by atoms with van der Waals surface area (Å²) >= 11 is 0. The average Bonchev–Trinajstić information content (AvgIpc) is 2.88. The molecule has 114 valence electrons. The number of carbonyl (C=O) groups is 1. The van der Waals surface area contributed by atoms with Gasteiger partial charge >= 0.3 is 0 Å². The predicted molar refractivity (Wildman–Crippen MR) is 85.8 cm³/mol. The number of allylic oxidation sites excluding steroid dienone is 4. The highest BCUT2D eigenvalue weighted by molar-refractivity contribution is 5.91. The van der Waals surface area contributed by atoms with Crippen LogP contribution in [0.15, 0.2) is 52.5 Å². The molecule has 3 heteroatoms. The molecule has 1 aromatic rings. The van der Waals surface area contributed by atoms with Crippen molar-refractivity contribution in [3.05, 3.63) is 53.8 Å². The van der Waals surface area contributed by atoms with Crippen LogP contribution in [0.1, 0.15) is 50.6 Å². The Morgan fingerprint density at radius 1 is 1.24 bits per heavy atom. The van der Waals surface area contributed by atoms with Crippen LogP contribution < -0.4 is 4.74 Å². The lowest BCUT2D eigenvalue weighted by molar-refractivity contribution is 0.0979. The highest BCUT2D eigenvalue weighted by Crippen LogP contribution is 2.16. The van der Waals surface area contributed by atoms with Crippen molar-refractivity contribution in [2.75, 3.05) is 6.61 Å². The number of rotatable bonds is 9. The molecule has 0 spiro atoms. The van der Waals surface area contributed by atoms with Gasteiger partial charge in [0, 0.05) is 13.0 Å². The van der Waals surface area contributed by atoms with Gasteiger partial charge in [-0.3, -0.25) is 4.79 Å². The molecule has 0 unspecified atom stereocenters. The number of furan rings is 1. The highest BCUT2D eigenvalue weighted by atomic mass is 16.6. The zero-order valence-electron chi connectivity index (χ0n) is 13.1. The van der Waals surface area contributed by atoms with Crippen LogP contribution in [0.3, 0.4) is 0 Å². The maximum Gasteiger partial charge on any atom is 0.285 e. The molecule has 0 saturated carbocycles. The van der Waals surface area contributed by atoms with Crippen LogP contribution in [0, 0.1) is 0 Å². The number of carbonyl (C=O) groups excluding carboxylic acids is 1. The van der Waals surface area contributed by atoms with Gasteiger partial charge in [0.15, 0.2) is 11.5 Å². The van der Waals surface area contributed by atoms with E-state index in [9.17, 15) is 4.79 Å². The van der Waals surface area contributed by atoms with E-state index in [1.807, 2.05) is 12.2 Å². The number of ether oxygens (including phenoxy) is 1. The Hall–Kier alpha value is -2.03. The molecular weight excluding hydrogens is 264 g/mol. The summed E-state index contributed by atoms with van der Waals surface area (Å²) in [6, 6.07) is 3.29. The molecule has 0 radical (unpaired) electrons. The van der Waals surface area contributed by atoms with E-state index in [1.165, 1.54) is 18.1 Å². The van der Waals surface area contributed by atoms with Crippen LogP contribution in [-0.2, 0) is 0 Å². The Morgan fingerprint density at radius 2 is 2.00 bits per heavy atom. The van der Waals surface area contributed by atoms with E-state index in [0.29, 0.717) is 18.3 Å². The number of hydrogen-bond acceptors (Lipinski definition) is 3. The molecular formula is C18H24O3. The molecule has 0 aliphatic rings. The van der Waals surface area contributed by atoms with Crippen molar-refractivity contribution in [3.8, 4) is 5.95 Å². The minimum atomic E-state index is -0.0988. The molecule has 1 aromatic heterocycles. The molecule has 1 heterocycles. The minimum absolute atomic E-state index is 0.0988. The molecule has 21 heavy (non-hydrogen) atoms. The van der Waals surface area contributed by atoms with Crippen molar-refractivity contribution in [2.45, 2.75) is 40.0 Å².